The Morgan fingerprint density at radius 2 is 1.00 bits per heavy atom. The molecule has 6 aliphatic rings. The number of carbonyl (C=O) groups is 6. The topological polar surface area (TPSA) is 675 Å². The molecule has 15 heterocycles. The van der Waals surface area contributed by atoms with E-state index in [1.807, 2.05) is 71.1 Å². The molecule has 6 fully saturated rings. The van der Waals surface area contributed by atoms with E-state index in [1.165, 1.54) is 63.4 Å². The smallest absolute Gasteiger partial charge is 0.450 e. The van der Waals surface area contributed by atoms with Crippen LogP contribution in [0.25, 0.3) is 44.7 Å². The molecule has 55 heteroatoms. The second kappa shape index (κ2) is 43.4. The van der Waals surface area contributed by atoms with Crippen LogP contribution < -0.4 is 38.5 Å². The highest BCUT2D eigenvalue weighted by atomic mass is 32.2. The fourth-order valence-corrected chi connectivity index (χ4v) is 23.4. The van der Waals surface area contributed by atoms with Gasteiger partial charge in [0.15, 0.2) is 83.2 Å². The van der Waals surface area contributed by atoms with Crippen molar-refractivity contribution in [3.63, 3.8) is 0 Å². The summed E-state index contributed by atoms with van der Waals surface area (Å²) in [5.41, 5.74) is -2.40. The first kappa shape index (κ1) is 103. The molecule has 17 rings (SSSR count). The number of nitrogens with one attached hydrogen (secondary N) is 6. The highest BCUT2D eigenvalue weighted by molar-refractivity contribution is 8.00. The molecule has 2 unspecified atom stereocenters. The van der Waals surface area contributed by atoms with Crippen molar-refractivity contribution < 1.29 is 113 Å². The van der Waals surface area contributed by atoms with Crippen molar-refractivity contribution in [3.8, 4) is 12.1 Å². The van der Waals surface area contributed by atoms with Gasteiger partial charge in [0.25, 0.3) is 22.9 Å². The fraction of sp³-hybridized carbons (Fsp3) is 0.471. The molecule has 6 aliphatic heterocycles. The van der Waals surface area contributed by atoms with Gasteiger partial charge in [-0.15, -0.1) is 23.5 Å². The number of amides is 4. The summed E-state index contributed by atoms with van der Waals surface area (Å²) in [5, 5.41) is 56.4. The summed E-state index contributed by atoms with van der Waals surface area (Å²) in [5.74, 6) is -3.12. The second-order valence-corrected chi connectivity index (χ2v) is 45.5. The number of imidazole rings is 4. The van der Waals surface area contributed by atoms with Crippen LogP contribution in [0.15, 0.2) is 139 Å². The first-order valence-corrected chi connectivity index (χ1v) is 51.5. The van der Waals surface area contributed by atoms with Gasteiger partial charge in [0.05, 0.1) is 108 Å². The SMILES string of the molecule is CC(C)C(=O)Nc1nc2c(ncn2[C@@H]2S[C@H](COP(=O)(OCCC#N)O[C@H]3[C@H]4OC[C@]3(CO)O[C@H]4n3cnc4c(NC(=O)c5ccccc5)ncnc43)[C@@H](O[Si](C)(C)C(C)(C)C)[C@H]2OC(=O)O)c(=O)[nH]1.CC[C@@]12CO[C@@H]([C@H](n3cnc4c(NC(=O)c5ccccc5)ncnc43)O1)[C@@H]2OP(=O)(OCCC#N)OC[C@H]1S[C@@H](n2cnc3c(=O)[nH]c(NC(=O)C(C)C)nc32)[C@H](OC(=O)O)[C@@H]1C.N.c1ccncc1. The summed E-state index contributed by atoms with van der Waals surface area (Å²) in [6.07, 6.45) is -1.57. The third-order valence-electron chi connectivity index (χ3n) is 24.0. The number of aromatic nitrogens is 17. The molecule has 0 aliphatic carbocycles. The van der Waals surface area contributed by atoms with Crippen molar-refractivity contribution in [2.24, 2.45) is 17.8 Å². The Morgan fingerprint density at radius 3 is 1.43 bits per heavy atom. The van der Waals surface area contributed by atoms with Crippen LogP contribution in [0.2, 0.25) is 18.1 Å². The fourth-order valence-electron chi connectivity index (χ4n) is 15.7. The maximum absolute atomic E-state index is 15.0. The molecule has 140 heavy (non-hydrogen) atoms. The predicted octanol–water partition coefficient (Wildman–Crippen LogP) is 10.9. The lowest BCUT2D eigenvalue weighted by Gasteiger charge is -2.40. The zero-order valence-corrected chi connectivity index (χ0v) is 81.6. The number of nitrogens with zero attached hydrogens (tertiary/aromatic N) is 17. The van der Waals surface area contributed by atoms with Gasteiger partial charge in [-0.2, -0.15) is 20.5 Å². The van der Waals surface area contributed by atoms with Gasteiger partial charge in [0, 0.05) is 46.5 Å². The standard InChI is InChI=1S/C42H52N11O14PSSi.C38H42N11O12PS.C5H5N.H3N/c1-22(2)34(55)50-39-49-33-26(36(57)51-39)47-21-53(33)38-28(64-40(58)59)27(67-70(6,7)41(3,4)5)24(69-38)16-63-68(60,62-15-11-14-43)66-30-29-37(65-42(30,17-54)18-61-29)52-20-46-25-31(44-19-45-32(25)52)48-35(56)23-12-9-8-10-13-23;1-5-38-15-56-26(34(60-38)48-17-42-23-28(40-16-41-29(23)48)44-32(51)21-10-7-6-8-11-21)27(38)61-62(55,57-13-9-12-39)58-14-22-20(4)25(59-37(53)54)35(63-22)49-18-43-24-30(49)45-36(47-33(24)52)46-31(50)19(2)3;1-2-4-6-5-3-1;/h8-10,12-13,19-22,24,27-30,37-38,54H,11,15-18H2,1-7H3,(H,58,59)(H,44,45,48,56)(H2,49,50,51,55,57);6-8,10-11,16-20,22,25-27,34-35H,5,9,13-15H2,1-4H3,(H,53,54)(H,40,41,44,51)(H2,45,46,47,50,52);1-5H;1H3/t24-,27-,28-,29-,30+,37-,38-,42+,68?;20-,22-,25-,26-,27+,34-,35-,38+,62?;;/m11../s1. The molecule has 2 aromatic carbocycles. The Bertz CT molecular complexity index is 6640. The molecule has 6 saturated heterocycles. The Morgan fingerprint density at radius 1 is 0.579 bits per heavy atom. The van der Waals surface area contributed by atoms with Crippen molar-refractivity contribution in [1.29, 1.82) is 10.5 Å². The molecule has 0 radical (unpaired) electrons. The quantitative estimate of drug-likeness (QED) is 0.00775. The van der Waals surface area contributed by atoms with Crippen LogP contribution in [-0.2, 0) is 78.7 Å². The maximum atomic E-state index is 15.0. The van der Waals surface area contributed by atoms with Crippen molar-refractivity contribution in [1.82, 2.24) is 89.2 Å². The molecule has 9 aromatic heterocycles. The van der Waals surface area contributed by atoms with Crippen molar-refractivity contribution in [2.45, 2.75) is 187 Å². The lowest BCUT2D eigenvalue weighted by molar-refractivity contribution is -0.185. The minimum Gasteiger partial charge on any atom is -0.450 e. The van der Waals surface area contributed by atoms with Crippen LogP contribution in [0.3, 0.4) is 0 Å². The summed E-state index contributed by atoms with van der Waals surface area (Å²) in [7, 11) is -12.2. The van der Waals surface area contributed by atoms with Gasteiger partial charge in [-0.1, -0.05) is 105 Å². The third kappa shape index (κ3) is 22.0. The number of aromatic amines is 2. The monoisotopic (exact) mass is 2030 g/mol. The van der Waals surface area contributed by atoms with Crippen LogP contribution in [0, 0.1) is 40.4 Å². The largest absolute Gasteiger partial charge is 0.506 e. The van der Waals surface area contributed by atoms with E-state index in [9.17, 15) is 68.8 Å². The van der Waals surface area contributed by atoms with Crippen LogP contribution in [0.5, 0.6) is 0 Å². The van der Waals surface area contributed by atoms with Gasteiger partial charge in [-0.3, -0.25) is 99.8 Å². The van der Waals surface area contributed by atoms with Gasteiger partial charge in [0.1, 0.15) is 65.1 Å². The molecular weight excluding hydrogens is 1930 g/mol. The zero-order valence-electron chi connectivity index (χ0n) is 77.2. The van der Waals surface area contributed by atoms with E-state index in [1.54, 1.807) is 112 Å². The van der Waals surface area contributed by atoms with Gasteiger partial charge >= 0.3 is 28.0 Å². The van der Waals surface area contributed by atoms with Crippen molar-refractivity contribution >= 4 is 152 Å². The molecule has 4 amide bonds. The van der Waals surface area contributed by atoms with Gasteiger partial charge in [-0.05, 0) is 61.0 Å². The normalized spacial score (nSPS) is 24.8. The Hall–Kier alpha value is -12.4. The summed E-state index contributed by atoms with van der Waals surface area (Å²) in [6, 6.07) is 26.7. The minimum atomic E-state index is -4.81. The number of anilines is 4. The molecule has 4 bridgehead atoms. The lowest BCUT2D eigenvalue weighted by atomic mass is 9.96. The van der Waals surface area contributed by atoms with Gasteiger partial charge in [-0.25, -0.2) is 58.6 Å². The number of benzene rings is 2. The van der Waals surface area contributed by atoms with Crippen LogP contribution in [0.1, 0.15) is 125 Å². The Balaban J connectivity index is 0.000000209. The summed E-state index contributed by atoms with van der Waals surface area (Å²) in [4.78, 5) is 154. The van der Waals surface area contributed by atoms with E-state index < -0.39 is 201 Å². The first-order valence-electron chi connectivity index (χ1n) is 43.8. The van der Waals surface area contributed by atoms with Crippen molar-refractivity contribution in [3.05, 3.63) is 161 Å². The third-order valence-corrected chi connectivity index (χ3v) is 34.6. The van der Waals surface area contributed by atoms with Gasteiger partial charge < -0.3 is 65.0 Å². The number of nitriles is 2. The molecule has 0 spiro atoms. The number of carboxylic acid groups (broad SMARTS) is 2. The number of thioether (sulfide) groups is 2. The van der Waals surface area contributed by atoms with E-state index in [2.05, 4.69) is 86.1 Å². The van der Waals surface area contributed by atoms with E-state index in [0.29, 0.717) is 23.2 Å². The molecule has 12 N–H and O–H groups in total. The number of pyridine rings is 1. The number of H-pyrrole nitrogens is 2. The second-order valence-electron chi connectivity index (χ2n) is 34.8. The number of rotatable bonds is 34. The number of phosphoric ester groups is 2. The average Bonchev–Trinajstić information content (AvgIpc) is 1.56. The summed E-state index contributed by atoms with van der Waals surface area (Å²) >= 11 is 2.29. The van der Waals surface area contributed by atoms with Crippen LogP contribution >= 0.6 is 39.2 Å². The molecule has 744 valence electrons. The Labute approximate surface area is 806 Å². The Kier molecular flexibility index (Phi) is 32.1. The molecule has 18 atom stereocenters. The number of aliphatic hydroxyl groups is 1. The lowest BCUT2D eigenvalue weighted by Crippen LogP contribution is -2.50. The highest BCUT2D eigenvalue weighted by Gasteiger charge is 2.67. The highest BCUT2D eigenvalue weighted by Crippen LogP contribution is 2.62. The van der Waals surface area contributed by atoms with Crippen molar-refractivity contribution in [2.75, 3.05) is 67.5 Å². The molecule has 50 nitrogen and oxygen atoms in total. The molecular formula is C85H102N24O26P2S2Si. The average molecular weight is 2030 g/mol. The number of hydrogen-bond donors (Lipinski definition) is 10. The van der Waals surface area contributed by atoms with E-state index >= 15 is 4.57 Å². The number of carbonyl (C=O) groups excluding carboxylic acids is 4. The van der Waals surface area contributed by atoms with Crippen LogP contribution in [0.4, 0.5) is 33.1 Å². The van der Waals surface area contributed by atoms with Gasteiger partial charge in [0.2, 0.25) is 23.7 Å². The summed E-state index contributed by atoms with van der Waals surface area (Å²) in [6.45, 7) is 17.8. The zero-order chi connectivity index (χ0) is 99.2. The van der Waals surface area contributed by atoms with E-state index in [0.717, 1.165) is 11.8 Å². The first-order chi connectivity index (χ1) is 66.4. The number of hydrogen-bond acceptors (Lipinski definition) is 40. The van der Waals surface area contributed by atoms with E-state index in [4.69, 9.17) is 60.0 Å². The van der Waals surface area contributed by atoms with Crippen LogP contribution in [-0.4, -0.2) is 253 Å². The maximum Gasteiger partial charge on any atom is 0.506 e. The predicted molar refractivity (Wildman–Crippen MR) is 502 cm³/mol. The molecule has 11 aromatic rings. The number of fused-ring (bicyclic) bond motifs is 8. The summed E-state index contributed by atoms with van der Waals surface area (Å²) < 4.78 is 115. The minimum absolute atomic E-state index is 0. The number of aliphatic hydroxyl groups excluding tert-OH is 1. The van der Waals surface area contributed by atoms with E-state index in [-0.39, 0.29) is 108 Å². The number of phosphoric acid groups is 2. The molecule has 0 saturated carbocycles. The number of ether oxygens (including phenoxy) is 6.